The molecule has 0 aromatic heterocycles. The van der Waals surface area contributed by atoms with Crippen molar-refractivity contribution < 1.29 is 5.11 Å². The minimum atomic E-state index is -0.437. The Bertz CT molecular complexity index is 271. The molecule has 0 amide bonds. The number of hydrogen-bond donors (Lipinski definition) is 1. The van der Waals surface area contributed by atoms with E-state index in [1.807, 2.05) is 0 Å². The fourth-order valence-corrected chi connectivity index (χ4v) is 4.16. The van der Waals surface area contributed by atoms with Gasteiger partial charge >= 0.3 is 0 Å². The molecule has 3 aliphatic rings. The Morgan fingerprint density at radius 3 is 2.80 bits per heavy atom. The van der Waals surface area contributed by atoms with Crippen LogP contribution in [0.1, 0.15) is 51.4 Å². The fourth-order valence-electron chi connectivity index (χ4n) is 4.16. The summed E-state index contributed by atoms with van der Waals surface area (Å²) in [5, 5.41) is 10.5. The van der Waals surface area contributed by atoms with Crippen LogP contribution in [0.5, 0.6) is 0 Å². The number of aliphatic hydroxyl groups is 1. The van der Waals surface area contributed by atoms with Gasteiger partial charge in [-0.2, -0.15) is 0 Å². The molecule has 3 rings (SSSR count). The standard InChI is InChI=1S/C14H22O/c15-14(6-2-1-3-7-14)10-13-9-11-4-5-12(13)8-11/h2,6,11-13,15H,1,3-5,7-10H2. The summed E-state index contributed by atoms with van der Waals surface area (Å²) in [7, 11) is 0. The summed E-state index contributed by atoms with van der Waals surface area (Å²) in [6.45, 7) is 0. The number of fused-ring (bicyclic) bond motifs is 2. The van der Waals surface area contributed by atoms with Crippen molar-refractivity contribution in [1.29, 1.82) is 0 Å². The second-order valence-corrected chi connectivity index (χ2v) is 6.04. The lowest BCUT2D eigenvalue weighted by Crippen LogP contribution is -2.32. The molecule has 0 aromatic rings. The summed E-state index contributed by atoms with van der Waals surface area (Å²) < 4.78 is 0. The quantitative estimate of drug-likeness (QED) is 0.687. The smallest absolute Gasteiger partial charge is 0.0830 e. The SMILES string of the molecule is OC1(CC2CC3CCC2C3)C=CCCC1. The van der Waals surface area contributed by atoms with Gasteiger partial charge in [0, 0.05) is 0 Å². The maximum absolute atomic E-state index is 10.5. The van der Waals surface area contributed by atoms with Gasteiger partial charge in [-0.15, -0.1) is 0 Å². The van der Waals surface area contributed by atoms with E-state index >= 15 is 0 Å². The molecule has 84 valence electrons. The van der Waals surface area contributed by atoms with Crippen molar-refractivity contribution in [3.8, 4) is 0 Å². The van der Waals surface area contributed by atoms with E-state index < -0.39 is 5.60 Å². The second kappa shape index (κ2) is 3.62. The minimum absolute atomic E-state index is 0.437. The van der Waals surface area contributed by atoms with Crippen molar-refractivity contribution >= 4 is 0 Å². The first-order chi connectivity index (χ1) is 7.25. The highest BCUT2D eigenvalue weighted by atomic mass is 16.3. The normalized spacial score (nSPS) is 48.7. The predicted octanol–water partition coefficient (Wildman–Crippen LogP) is 3.28. The molecule has 0 aliphatic heterocycles. The van der Waals surface area contributed by atoms with Gasteiger partial charge in [-0.1, -0.05) is 18.6 Å². The van der Waals surface area contributed by atoms with Gasteiger partial charge in [0.1, 0.15) is 0 Å². The van der Waals surface area contributed by atoms with Crippen molar-refractivity contribution in [3.63, 3.8) is 0 Å². The zero-order valence-corrected chi connectivity index (χ0v) is 9.49. The first kappa shape index (κ1) is 9.89. The highest BCUT2D eigenvalue weighted by Crippen LogP contribution is 2.51. The van der Waals surface area contributed by atoms with Crippen LogP contribution in [0, 0.1) is 17.8 Å². The van der Waals surface area contributed by atoms with Crippen LogP contribution in [0.3, 0.4) is 0 Å². The highest BCUT2D eigenvalue weighted by molar-refractivity contribution is 5.07. The van der Waals surface area contributed by atoms with Crippen LogP contribution in [0.25, 0.3) is 0 Å². The summed E-state index contributed by atoms with van der Waals surface area (Å²) in [5.74, 6) is 2.79. The third kappa shape index (κ3) is 1.87. The van der Waals surface area contributed by atoms with Gasteiger partial charge in [0.2, 0.25) is 0 Å². The van der Waals surface area contributed by atoms with E-state index in [2.05, 4.69) is 12.2 Å². The van der Waals surface area contributed by atoms with Gasteiger partial charge in [0.05, 0.1) is 5.60 Å². The molecule has 1 N–H and O–H groups in total. The van der Waals surface area contributed by atoms with Crippen LogP contribution >= 0.6 is 0 Å². The molecule has 0 saturated heterocycles. The van der Waals surface area contributed by atoms with Crippen molar-refractivity contribution in [2.75, 3.05) is 0 Å². The molecule has 3 aliphatic carbocycles. The summed E-state index contributed by atoms with van der Waals surface area (Å²) in [6.07, 6.45) is 14.4. The zero-order chi connectivity index (χ0) is 10.3. The lowest BCUT2D eigenvalue weighted by molar-refractivity contribution is 0.0383. The summed E-state index contributed by atoms with van der Waals surface area (Å²) >= 11 is 0. The van der Waals surface area contributed by atoms with E-state index in [0.29, 0.717) is 0 Å². The van der Waals surface area contributed by atoms with Gasteiger partial charge < -0.3 is 5.11 Å². The lowest BCUT2D eigenvalue weighted by atomic mass is 9.77. The number of allylic oxidation sites excluding steroid dienone is 1. The van der Waals surface area contributed by atoms with Gasteiger partial charge in [-0.3, -0.25) is 0 Å². The van der Waals surface area contributed by atoms with Crippen molar-refractivity contribution in [3.05, 3.63) is 12.2 Å². The van der Waals surface area contributed by atoms with Crippen LogP contribution in [-0.2, 0) is 0 Å². The molecule has 1 heteroatoms. The Morgan fingerprint density at radius 2 is 2.20 bits per heavy atom. The minimum Gasteiger partial charge on any atom is -0.386 e. The molecule has 4 unspecified atom stereocenters. The largest absolute Gasteiger partial charge is 0.386 e. The average molecular weight is 206 g/mol. The van der Waals surface area contributed by atoms with E-state index in [-0.39, 0.29) is 0 Å². The zero-order valence-electron chi connectivity index (χ0n) is 9.49. The van der Waals surface area contributed by atoms with Crippen LogP contribution < -0.4 is 0 Å². The van der Waals surface area contributed by atoms with Gasteiger partial charge in [-0.05, 0) is 62.7 Å². The Morgan fingerprint density at radius 1 is 1.27 bits per heavy atom. The highest BCUT2D eigenvalue weighted by Gasteiger charge is 2.42. The first-order valence-corrected chi connectivity index (χ1v) is 6.65. The third-order valence-corrected chi connectivity index (χ3v) is 4.91. The molecule has 2 fully saturated rings. The van der Waals surface area contributed by atoms with Gasteiger partial charge in [-0.25, -0.2) is 0 Å². The van der Waals surface area contributed by atoms with Crippen LogP contribution in [0.4, 0.5) is 0 Å². The Hall–Kier alpha value is -0.300. The summed E-state index contributed by atoms with van der Waals surface area (Å²) in [5.41, 5.74) is -0.437. The van der Waals surface area contributed by atoms with E-state index in [0.717, 1.165) is 30.6 Å². The summed E-state index contributed by atoms with van der Waals surface area (Å²) in [6, 6.07) is 0. The molecule has 15 heavy (non-hydrogen) atoms. The van der Waals surface area contributed by atoms with Gasteiger partial charge in [0.15, 0.2) is 0 Å². The molecule has 1 nitrogen and oxygen atoms in total. The van der Waals surface area contributed by atoms with Crippen LogP contribution in [0.2, 0.25) is 0 Å². The monoisotopic (exact) mass is 206 g/mol. The van der Waals surface area contributed by atoms with Gasteiger partial charge in [0.25, 0.3) is 0 Å². The van der Waals surface area contributed by atoms with E-state index in [4.69, 9.17) is 0 Å². The maximum Gasteiger partial charge on any atom is 0.0830 e. The number of hydrogen-bond acceptors (Lipinski definition) is 1. The number of rotatable bonds is 2. The second-order valence-electron chi connectivity index (χ2n) is 6.04. The van der Waals surface area contributed by atoms with Crippen LogP contribution in [0.15, 0.2) is 12.2 Å². The third-order valence-electron chi connectivity index (χ3n) is 4.91. The average Bonchev–Trinajstić information content (AvgIpc) is 2.79. The molecule has 0 heterocycles. The van der Waals surface area contributed by atoms with E-state index in [1.165, 1.54) is 38.5 Å². The summed E-state index contributed by atoms with van der Waals surface area (Å²) in [4.78, 5) is 0. The van der Waals surface area contributed by atoms with Crippen LogP contribution in [-0.4, -0.2) is 10.7 Å². The molecule has 0 aromatic carbocycles. The molecule has 0 radical (unpaired) electrons. The Balaban J connectivity index is 1.65. The lowest BCUT2D eigenvalue weighted by Gasteiger charge is -2.33. The molecule has 0 spiro atoms. The fraction of sp³-hybridized carbons (Fsp3) is 0.857. The predicted molar refractivity (Wildman–Crippen MR) is 61.5 cm³/mol. The van der Waals surface area contributed by atoms with Crippen molar-refractivity contribution in [2.24, 2.45) is 17.8 Å². The molecule has 4 atom stereocenters. The Kier molecular flexibility index (Phi) is 2.39. The molecular weight excluding hydrogens is 184 g/mol. The molecule has 2 bridgehead atoms. The van der Waals surface area contributed by atoms with E-state index in [9.17, 15) is 5.11 Å². The van der Waals surface area contributed by atoms with Crippen molar-refractivity contribution in [2.45, 2.75) is 57.0 Å². The maximum atomic E-state index is 10.5. The topological polar surface area (TPSA) is 20.2 Å². The Labute approximate surface area is 92.6 Å². The van der Waals surface area contributed by atoms with E-state index in [1.54, 1.807) is 0 Å². The molecular formula is C14H22O. The van der Waals surface area contributed by atoms with Crippen molar-refractivity contribution in [1.82, 2.24) is 0 Å². The molecule has 2 saturated carbocycles. The first-order valence-electron chi connectivity index (χ1n) is 6.65.